The summed E-state index contributed by atoms with van der Waals surface area (Å²) < 4.78 is 33.7. The molecule has 0 radical (unpaired) electrons. The van der Waals surface area contributed by atoms with E-state index in [0.29, 0.717) is 17.2 Å². The maximum absolute atomic E-state index is 12.6. The molecule has 0 fully saturated rings. The van der Waals surface area contributed by atoms with Gasteiger partial charge in [-0.2, -0.15) is 5.10 Å². The lowest BCUT2D eigenvalue weighted by atomic mass is 10.2. The van der Waals surface area contributed by atoms with Crippen LogP contribution in [0.2, 0.25) is 0 Å². The van der Waals surface area contributed by atoms with Crippen molar-refractivity contribution in [1.82, 2.24) is 19.5 Å². The van der Waals surface area contributed by atoms with Gasteiger partial charge in [0, 0.05) is 17.9 Å². The molecule has 11 heteroatoms. The molecule has 0 saturated carbocycles. The Kier molecular flexibility index (Phi) is 7.24. The van der Waals surface area contributed by atoms with Crippen molar-refractivity contribution in [2.75, 3.05) is 5.32 Å². The Balaban J connectivity index is 1.63. The van der Waals surface area contributed by atoms with E-state index in [9.17, 15) is 18.0 Å². The first-order valence-electron chi connectivity index (χ1n) is 10.2. The lowest BCUT2D eigenvalue weighted by Crippen LogP contribution is -2.31. The van der Waals surface area contributed by atoms with E-state index in [2.05, 4.69) is 20.1 Å². The summed E-state index contributed by atoms with van der Waals surface area (Å²) in [4.78, 5) is 29.3. The lowest BCUT2D eigenvalue weighted by molar-refractivity contribution is -0.123. The zero-order valence-corrected chi connectivity index (χ0v) is 19.5. The van der Waals surface area contributed by atoms with Gasteiger partial charge in [-0.1, -0.05) is 6.07 Å². The smallest absolute Gasteiger partial charge is 0.342 e. The Morgan fingerprint density at radius 2 is 1.76 bits per heavy atom. The number of carbonyl (C=O) groups excluding carboxylic acids is 2. The van der Waals surface area contributed by atoms with Crippen molar-refractivity contribution < 1.29 is 22.7 Å². The Morgan fingerprint density at radius 1 is 1.06 bits per heavy atom. The van der Waals surface area contributed by atoms with Crippen molar-refractivity contribution in [2.24, 2.45) is 0 Å². The van der Waals surface area contributed by atoms with Crippen LogP contribution in [0.25, 0.3) is 5.82 Å². The molecule has 0 aliphatic heterocycles. The Labute approximate surface area is 192 Å². The molecule has 2 N–H and O–H groups in total. The van der Waals surface area contributed by atoms with E-state index >= 15 is 0 Å². The number of anilines is 1. The van der Waals surface area contributed by atoms with E-state index in [1.165, 1.54) is 42.1 Å². The highest BCUT2D eigenvalue weighted by molar-refractivity contribution is 7.89. The molecule has 0 spiro atoms. The fraction of sp³-hybridized carbons (Fsp3) is 0.273. The van der Waals surface area contributed by atoms with Crippen LogP contribution in [-0.2, 0) is 19.6 Å². The van der Waals surface area contributed by atoms with Crippen LogP contribution in [0.1, 0.15) is 36.8 Å². The standard InChI is InChI=1S/C22H25N5O5S/c1-14(2)26-33(30,31)18-10-8-17(9-11-18)25-21(28)16(4)32-22(29)19-13-24-27(15(19)3)20-7-5-6-12-23-20/h5-14,16,26H,1-4H3,(H,25,28). The fourth-order valence-electron chi connectivity index (χ4n) is 2.94. The summed E-state index contributed by atoms with van der Waals surface area (Å²) in [5, 5.41) is 6.77. The number of pyridine rings is 1. The number of hydrogen-bond donors (Lipinski definition) is 2. The minimum atomic E-state index is -3.63. The second-order valence-corrected chi connectivity index (χ2v) is 9.29. The summed E-state index contributed by atoms with van der Waals surface area (Å²) >= 11 is 0. The summed E-state index contributed by atoms with van der Waals surface area (Å²) in [7, 11) is -3.63. The van der Waals surface area contributed by atoms with Crippen molar-refractivity contribution in [3.05, 3.63) is 66.1 Å². The minimum absolute atomic E-state index is 0.0778. The number of benzene rings is 1. The number of ether oxygens (including phenoxy) is 1. The van der Waals surface area contributed by atoms with Crippen LogP contribution in [0.5, 0.6) is 0 Å². The number of nitrogens with zero attached hydrogens (tertiary/aromatic N) is 3. The monoisotopic (exact) mass is 471 g/mol. The molecule has 0 aliphatic carbocycles. The molecular weight excluding hydrogens is 446 g/mol. The Hall–Kier alpha value is -3.57. The normalized spacial score (nSPS) is 12.4. The van der Waals surface area contributed by atoms with E-state index in [1.807, 2.05) is 0 Å². The molecule has 1 atom stereocenters. The topological polar surface area (TPSA) is 132 Å². The largest absolute Gasteiger partial charge is 0.449 e. The third kappa shape index (κ3) is 5.82. The van der Waals surface area contributed by atoms with Crippen LogP contribution in [0.3, 0.4) is 0 Å². The van der Waals surface area contributed by atoms with Gasteiger partial charge in [-0.25, -0.2) is 27.6 Å². The third-order valence-electron chi connectivity index (χ3n) is 4.57. The van der Waals surface area contributed by atoms with Crippen LogP contribution in [-0.4, -0.2) is 47.2 Å². The predicted octanol–water partition coefficient (Wildman–Crippen LogP) is 2.45. The molecule has 33 heavy (non-hydrogen) atoms. The molecule has 2 aromatic heterocycles. The van der Waals surface area contributed by atoms with Crippen molar-refractivity contribution in [3.8, 4) is 5.82 Å². The van der Waals surface area contributed by atoms with E-state index in [4.69, 9.17) is 4.74 Å². The van der Waals surface area contributed by atoms with Crippen molar-refractivity contribution in [1.29, 1.82) is 0 Å². The third-order valence-corrected chi connectivity index (χ3v) is 6.25. The summed E-state index contributed by atoms with van der Waals surface area (Å²) in [5.74, 6) is -0.707. The SMILES string of the molecule is Cc1c(C(=O)OC(C)C(=O)Nc2ccc(S(=O)(=O)NC(C)C)cc2)cnn1-c1ccccn1. The van der Waals surface area contributed by atoms with E-state index < -0.39 is 28.0 Å². The van der Waals surface area contributed by atoms with Gasteiger partial charge in [0.25, 0.3) is 5.91 Å². The molecule has 10 nitrogen and oxygen atoms in total. The van der Waals surface area contributed by atoms with Crippen molar-refractivity contribution in [2.45, 2.75) is 44.7 Å². The van der Waals surface area contributed by atoms with Crippen LogP contribution >= 0.6 is 0 Å². The molecule has 174 valence electrons. The number of carbonyl (C=O) groups is 2. The van der Waals surface area contributed by atoms with Crippen molar-refractivity contribution >= 4 is 27.6 Å². The number of esters is 1. The molecule has 1 unspecified atom stereocenters. The second-order valence-electron chi connectivity index (χ2n) is 7.58. The van der Waals surface area contributed by atoms with Crippen molar-refractivity contribution in [3.63, 3.8) is 0 Å². The van der Waals surface area contributed by atoms with E-state index in [1.54, 1.807) is 45.2 Å². The highest BCUT2D eigenvalue weighted by Gasteiger charge is 2.23. The predicted molar refractivity (Wildman–Crippen MR) is 122 cm³/mol. The second kappa shape index (κ2) is 9.92. The first-order valence-corrected chi connectivity index (χ1v) is 11.7. The first kappa shape index (κ1) is 24.1. The number of sulfonamides is 1. The number of hydrogen-bond acceptors (Lipinski definition) is 7. The van der Waals surface area contributed by atoms with Gasteiger partial charge in [-0.3, -0.25) is 4.79 Å². The van der Waals surface area contributed by atoms with E-state index in [-0.39, 0.29) is 16.5 Å². The molecule has 2 heterocycles. The maximum Gasteiger partial charge on any atom is 0.342 e. The Bertz CT molecular complexity index is 1240. The first-order chi connectivity index (χ1) is 15.6. The van der Waals surface area contributed by atoms with Gasteiger partial charge in [0.2, 0.25) is 10.0 Å². The number of rotatable bonds is 8. The fourth-order valence-corrected chi connectivity index (χ4v) is 4.19. The lowest BCUT2D eigenvalue weighted by Gasteiger charge is -2.14. The maximum atomic E-state index is 12.6. The average Bonchev–Trinajstić information content (AvgIpc) is 3.15. The number of amides is 1. The zero-order chi connectivity index (χ0) is 24.2. The number of aromatic nitrogens is 3. The molecule has 1 aromatic carbocycles. The molecule has 3 rings (SSSR count). The van der Waals surface area contributed by atoms with Gasteiger partial charge in [0.15, 0.2) is 11.9 Å². The number of nitrogens with one attached hydrogen (secondary N) is 2. The van der Waals surface area contributed by atoms with E-state index in [0.717, 1.165) is 0 Å². The van der Waals surface area contributed by atoms with Gasteiger partial charge < -0.3 is 10.1 Å². The molecule has 3 aromatic rings. The van der Waals surface area contributed by atoms with Crippen LogP contribution in [0.4, 0.5) is 5.69 Å². The van der Waals surface area contributed by atoms with Gasteiger partial charge in [-0.05, 0) is 64.1 Å². The summed E-state index contributed by atoms with van der Waals surface area (Å²) in [5.41, 5.74) is 1.11. The van der Waals surface area contributed by atoms with Crippen LogP contribution in [0, 0.1) is 6.92 Å². The van der Waals surface area contributed by atoms with Crippen LogP contribution < -0.4 is 10.0 Å². The summed E-state index contributed by atoms with van der Waals surface area (Å²) in [6.45, 7) is 6.59. The summed E-state index contributed by atoms with van der Waals surface area (Å²) in [6, 6.07) is 10.8. The van der Waals surface area contributed by atoms with Gasteiger partial charge in [0.1, 0.15) is 5.56 Å². The Morgan fingerprint density at radius 3 is 2.36 bits per heavy atom. The average molecular weight is 472 g/mol. The summed E-state index contributed by atoms with van der Waals surface area (Å²) in [6.07, 6.45) is 1.88. The van der Waals surface area contributed by atoms with Gasteiger partial charge >= 0.3 is 5.97 Å². The molecule has 0 aliphatic rings. The molecule has 0 bridgehead atoms. The molecule has 0 saturated heterocycles. The highest BCUT2D eigenvalue weighted by atomic mass is 32.2. The minimum Gasteiger partial charge on any atom is -0.449 e. The van der Waals surface area contributed by atoms with Gasteiger partial charge in [0.05, 0.1) is 16.8 Å². The van der Waals surface area contributed by atoms with Crippen LogP contribution in [0.15, 0.2) is 59.8 Å². The van der Waals surface area contributed by atoms with Gasteiger partial charge in [-0.15, -0.1) is 0 Å². The quantitative estimate of drug-likeness (QED) is 0.482. The molecular formula is C22H25N5O5S. The zero-order valence-electron chi connectivity index (χ0n) is 18.6. The highest BCUT2D eigenvalue weighted by Crippen LogP contribution is 2.17. The molecule has 1 amide bonds.